The number of ether oxygens (including phenoxy) is 3. The minimum Gasteiger partial charge on any atom is -0.496 e. The van der Waals surface area contributed by atoms with Crippen molar-refractivity contribution >= 4 is 11.9 Å². The lowest BCUT2D eigenvalue weighted by molar-refractivity contribution is 0.0394. The number of nitrogens with zero attached hydrogens (tertiary/aromatic N) is 1. The predicted octanol–water partition coefficient (Wildman–Crippen LogP) is 4.80. The van der Waals surface area contributed by atoms with Crippen LogP contribution in [-0.2, 0) is 6.54 Å². The first-order valence-corrected chi connectivity index (χ1v) is 10.3. The van der Waals surface area contributed by atoms with Crippen molar-refractivity contribution in [2.45, 2.75) is 44.7 Å². The van der Waals surface area contributed by atoms with E-state index in [0.29, 0.717) is 35.6 Å². The van der Waals surface area contributed by atoms with Gasteiger partial charge in [0.2, 0.25) is 5.78 Å². The second kappa shape index (κ2) is 7.56. The standard InChI is InChI=1S/C24H25NO4/c1-27-20-10-6-5-7-16(20)13-22-23(26)18-11-12-21-19(24(18)29-22)14-25(15-28-21)17-8-3-2-4-9-17/h5-7,10-13,17H,2-4,8-9,14-15H2,1H3/b22-13-. The molecular weight excluding hydrogens is 366 g/mol. The Hall–Kier alpha value is -2.79. The van der Waals surface area contributed by atoms with Crippen LogP contribution < -0.4 is 14.2 Å². The summed E-state index contributed by atoms with van der Waals surface area (Å²) in [5.74, 6) is 2.41. The number of rotatable bonds is 3. The molecule has 0 atom stereocenters. The van der Waals surface area contributed by atoms with Gasteiger partial charge in [-0.25, -0.2) is 0 Å². The zero-order valence-electron chi connectivity index (χ0n) is 16.6. The molecule has 0 spiro atoms. The quantitative estimate of drug-likeness (QED) is 0.704. The highest BCUT2D eigenvalue weighted by molar-refractivity contribution is 6.15. The summed E-state index contributed by atoms with van der Waals surface area (Å²) < 4.78 is 17.5. The Bertz CT molecular complexity index is 975. The van der Waals surface area contributed by atoms with Crippen LogP contribution in [0, 0.1) is 0 Å². The van der Waals surface area contributed by atoms with E-state index in [1.807, 2.05) is 36.4 Å². The van der Waals surface area contributed by atoms with Crippen LogP contribution in [0.2, 0.25) is 0 Å². The number of allylic oxidation sites excluding steroid dienone is 1. The van der Waals surface area contributed by atoms with Crippen LogP contribution in [0.4, 0.5) is 0 Å². The number of hydrogen-bond acceptors (Lipinski definition) is 5. The number of hydrogen-bond donors (Lipinski definition) is 0. The van der Waals surface area contributed by atoms with E-state index in [1.54, 1.807) is 13.2 Å². The van der Waals surface area contributed by atoms with Gasteiger partial charge >= 0.3 is 0 Å². The zero-order chi connectivity index (χ0) is 19.8. The molecule has 0 aromatic heterocycles. The van der Waals surface area contributed by atoms with E-state index in [-0.39, 0.29) is 5.78 Å². The third-order valence-corrected chi connectivity index (χ3v) is 6.16. The van der Waals surface area contributed by atoms with Crippen molar-refractivity contribution < 1.29 is 19.0 Å². The minimum atomic E-state index is -0.0940. The van der Waals surface area contributed by atoms with Crippen LogP contribution in [0.15, 0.2) is 42.2 Å². The lowest BCUT2D eigenvalue weighted by atomic mass is 9.93. The average molecular weight is 391 g/mol. The van der Waals surface area contributed by atoms with Gasteiger partial charge in [0.15, 0.2) is 5.76 Å². The van der Waals surface area contributed by atoms with Crippen LogP contribution in [0.25, 0.3) is 6.08 Å². The highest BCUT2D eigenvalue weighted by atomic mass is 16.5. The Morgan fingerprint density at radius 1 is 1.10 bits per heavy atom. The summed E-state index contributed by atoms with van der Waals surface area (Å²) in [6.07, 6.45) is 8.07. The van der Waals surface area contributed by atoms with Crippen molar-refractivity contribution in [1.82, 2.24) is 4.90 Å². The molecule has 1 aliphatic carbocycles. The highest BCUT2D eigenvalue weighted by Gasteiger charge is 2.35. The molecule has 2 heterocycles. The molecule has 0 saturated heterocycles. The molecule has 2 aromatic rings. The Morgan fingerprint density at radius 3 is 2.76 bits per heavy atom. The fourth-order valence-corrected chi connectivity index (χ4v) is 4.58. The molecule has 0 bridgehead atoms. The van der Waals surface area contributed by atoms with Crippen molar-refractivity contribution in [1.29, 1.82) is 0 Å². The first-order chi connectivity index (χ1) is 14.2. The van der Waals surface area contributed by atoms with E-state index >= 15 is 0 Å². The lowest BCUT2D eigenvalue weighted by Crippen LogP contribution is -2.41. The Labute approximate surface area is 170 Å². The topological polar surface area (TPSA) is 48.0 Å². The Morgan fingerprint density at radius 2 is 1.93 bits per heavy atom. The van der Waals surface area contributed by atoms with Gasteiger partial charge in [-0.05, 0) is 37.1 Å². The number of para-hydroxylation sites is 1. The molecule has 0 unspecified atom stereocenters. The second-order valence-electron chi connectivity index (χ2n) is 7.91. The first kappa shape index (κ1) is 18.3. The molecule has 1 saturated carbocycles. The molecule has 3 aliphatic rings. The number of carbonyl (C=O) groups excluding carboxylic acids is 1. The maximum Gasteiger partial charge on any atom is 0.231 e. The highest BCUT2D eigenvalue weighted by Crippen LogP contribution is 2.43. The number of carbonyl (C=O) groups is 1. The van der Waals surface area contributed by atoms with Crippen LogP contribution >= 0.6 is 0 Å². The zero-order valence-corrected chi connectivity index (χ0v) is 16.6. The maximum atomic E-state index is 13.0. The fourth-order valence-electron chi connectivity index (χ4n) is 4.58. The number of Topliss-reactive ketones (excluding diaryl/α,β-unsaturated/α-hetero) is 1. The summed E-state index contributed by atoms with van der Waals surface area (Å²) >= 11 is 0. The summed E-state index contributed by atoms with van der Waals surface area (Å²) in [7, 11) is 1.62. The maximum absolute atomic E-state index is 13.0. The van der Waals surface area contributed by atoms with Crippen LogP contribution in [0.5, 0.6) is 17.2 Å². The largest absolute Gasteiger partial charge is 0.496 e. The van der Waals surface area contributed by atoms with E-state index in [9.17, 15) is 4.79 Å². The van der Waals surface area contributed by atoms with Crippen molar-refractivity contribution in [2.24, 2.45) is 0 Å². The third-order valence-electron chi connectivity index (χ3n) is 6.16. The molecule has 0 radical (unpaired) electrons. The number of ketones is 1. The normalized spacial score (nSPS) is 20.7. The summed E-state index contributed by atoms with van der Waals surface area (Å²) in [5.41, 5.74) is 2.41. The molecule has 150 valence electrons. The fraction of sp³-hybridized carbons (Fsp3) is 0.375. The van der Waals surface area contributed by atoms with Crippen molar-refractivity contribution in [3.05, 3.63) is 58.8 Å². The molecule has 5 nitrogen and oxygen atoms in total. The van der Waals surface area contributed by atoms with Gasteiger partial charge in [-0.15, -0.1) is 0 Å². The summed E-state index contributed by atoms with van der Waals surface area (Å²) in [4.78, 5) is 15.4. The first-order valence-electron chi connectivity index (χ1n) is 10.3. The van der Waals surface area contributed by atoms with E-state index < -0.39 is 0 Å². The van der Waals surface area contributed by atoms with Gasteiger partial charge in [-0.3, -0.25) is 9.69 Å². The number of fused-ring (bicyclic) bond motifs is 3. The molecule has 2 aromatic carbocycles. The Kier molecular flexibility index (Phi) is 4.76. The van der Waals surface area contributed by atoms with Gasteiger partial charge in [0, 0.05) is 18.2 Å². The van der Waals surface area contributed by atoms with Gasteiger partial charge in [0.05, 0.1) is 18.2 Å². The van der Waals surface area contributed by atoms with Crippen LogP contribution in [0.3, 0.4) is 0 Å². The van der Waals surface area contributed by atoms with Gasteiger partial charge in [-0.1, -0.05) is 37.5 Å². The summed E-state index contributed by atoms with van der Waals surface area (Å²) in [6, 6.07) is 11.9. The second-order valence-corrected chi connectivity index (χ2v) is 7.91. The third kappa shape index (κ3) is 3.29. The molecule has 5 rings (SSSR count). The molecule has 5 heteroatoms. The Balaban J connectivity index is 1.46. The monoisotopic (exact) mass is 391 g/mol. The molecule has 0 amide bonds. The van der Waals surface area contributed by atoms with Gasteiger partial charge in [0.25, 0.3) is 0 Å². The van der Waals surface area contributed by atoms with E-state index in [1.165, 1.54) is 32.1 Å². The van der Waals surface area contributed by atoms with Crippen molar-refractivity contribution in [2.75, 3.05) is 13.8 Å². The van der Waals surface area contributed by atoms with Crippen molar-refractivity contribution in [3.8, 4) is 17.2 Å². The SMILES string of the molecule is COc1ccccc1/C=C1\Oc2c(ccc3c2CN(C2CCCCC2)CO3)C1=O. The van der Waals surface area contributed by atoms with E-state index in [4.69, 9.17) is 14.2 Å². The molecule has 1 fully saturated rings. The van der Waals surface area contributed by atoms with Gasteiger partial charge < -0.3 is 14.2 Å². The summed E-state index contributed by atoms with van der Waals surface area (Å²) in [5, 5.41) is 0. The number of benzene rings is 2. The minimum absolute atomic E-state index is 0.0940. The number of methoxy groups -OCH3 is 1. The summed E-state index contributed by atoms with van der Waals surface area (Å²) in [6.45, 7) is 1.37. The molecule has 2 aliphatic heterocycles. The van der Waals surface area contributed by atoms with Gasteiger partial charge in [-0.2, -0.15) is 0 Å². The lowest BCUT2D eigenvalue weighted by Gasteiger charge is -2.37. The van der Waals surface area contributed by atoms with E-state index in [2.05, 4.69) is 4.90 Å². The average Bonchev–Trinajstić information content (AvgIpc) is 3.10. The van der Waals surface area contributed by atoms with E-state index in [0.717, 1.165) is 23.4 Å². The smallest absolute Gasteiger partial charge is 0.231 e. The molecule has 29 heavy (non-hydrogen) atoms. The molecular formula is C24H25NO4. The molecule has 0 N–H and O–H groups in total. The van der Waals surface area contributed by atoms with Crippen LogP contribution in [0.1, 0.15) is 53.6 Å². The van der Waals surface area contributed by atoms with Crippen LogP contribution in [-0.4, -0.2) is 30.6 Å². The predicted molar refractivity (Wildman–Crippen MR) is 110 cm³/mol. The van der Waals surface area contributed by atoms with Crippen molar-refractivity contribution in [3.63, 3.8) is 0 Å². The van der Waals surface area contributed by atoms with Gasteiger partial charge in [0.1, 0.15) is 24.0 Å².